The van der Waals surface area contributed by atoms with E-state index in [9.17, 15) is 14.0 Å². The van der Waals surface area contributed by atoms with Gasteiger partial charge in [-0.2, -0.15) is 0 Å². The van der Waals surface area contributed by atoms with Crippen molar-refractivity contribution in [2.45, 2.75) is 26.8 Å². The molecule has 0 atom stereocenters. The molecule has 154 valence electrons. The SMILES string of the molecule is C=C(CCNC(=O)COc1ccc(Cl)c(F)c1)C(=O)NCc1cc(C)ccc1C. The molecule has 2 rings (SSSR count). The normalized spacial score (nSPS) is 10.3. The highest BCUT2D eigenvalue weighted by atomic mass is 35.5. The predicted octanol–water partition coefficient (Wildman–Crippen LogP) is 3.85. The molecule has 0 radical (unpaired) electrons. The molecule has 0 heterocycles. The molecule has 0 saturated heterocycles. The highest BCUT2D eigenvalue weighted by Crippen LogP contribution is 2.20. The van der Waals surface area contributed by atoms with Crippen LogP contribution in [0.15, 0.2) is 48.6 Å². The van der Waals surface area contributed by atoms with Crippen molar-refractivity contribution < 1.29 is 18.7 Å². The number of rotatable bonds is 9. The van der Waals surface area contributed by atoms with E-state index >= 15 is 0 Å². The van der Waals surface area contributed by atoms with Crippen LogP contribution in [0.5, 0.6) is 5.75 Å². The minimum Gasteiger partial charge on any atom is -0.484 e. The molecule has 0 aromatic heterocycles. The topological polar surface area (TPSA) is 67.4 Å². The van der Waals surface area contributed by atoms with Gasteiger partial charge in [0.2, 0.25) is 5.91 Å². The summed E-state index contributed by atoms with van der Waals surface area (Å²) in [6.45, 7) is 8.15. The second-order valence-electron chi connectivity index (χ2n) is 6.68. The summed E-state index contributed by atoms with van der Waals surface area (Å²) < 4.78 is 18.5. The van der Waals surface area contributed by atoms with Gasteiger partial charge in [0.15, 0.2) is 6.61 Å². The minimum atomic E-state index is -0.618. The Bertz CT molecular complexity index is 915. The average molecular weight is 419 g/mol. The second-order valence-corrected chi connectivity index (χ2v) is 7.09. The summed E-state index contributed by atoms with van der Waals surface area (Å²) in [4.78, 5) is 24.0. The smallest absolute Gasteiger partial charge is 0.257 e. The van der Waals surface area contributed by atoms with Crippen LogP contribution in [-0.2, 0) is 16.1 Å². The lowest BCUT2D eigenvalue weighted by Crippen LogP contribution is -2.31. The van der Waals surface area contributed by atoms with Crippen LogP contribution < -0.4 is 15.4 Å². The third-order valence-electron chi connectivity index (χ3n) is 4.28. The molecule has 7 heteroatoms. The number of nitrogens with one attached hydrogen (secondary N) is 2. The van der Waals surface area contributed by atoms with E-state index in [-0.39, 0.29) is 35.7 Å². The first-order valence-electron chi connectivity index (χ1n) is 9.13. The highest BCUT2D eigenvalue weighted by molar-refractivity contribution is 6.30. The number of hydrogen-bond donors (Lipinski definition) is 2. The molecule has 2 aromatic rings. The van der Waals surface area contributed by atoms with Gasteiger partial charge < -0.3 is 15.4 Å². The molecule has 0 aliphatic carbocycles. The summed E-state index contributed by atoms with van der Waals surface area (Å²) in [7, 11) is 0. The van der Waals surface area contributed by atoms with E-state index in [1.807, 2.05) is 32.0 Å². The number of amides is 2. The first-order valence-corrected chi connectivity index (χ1v) is 9.50. The van der Waals surface area contributed by atoms with Gasteiger partial charge in [0.25, 0.3) is 5.91 Å². The van der Waals surface area contributed by atoms with Crippen LogP contribution in [0.2, 0.25) is 5.02 Å². The van der Waals surface area contributed by atoms with Crippen LogP contribution in [0.25, 0.3) is 0 Å². The number of aryl methyl sites for hydroxylation is 2. The van der Waals surface area contributed by atoms with Crippen molar-refractivity contribution in [3.8, 4) is 5.75 Å². The molecule has 0 saturated carbocycles. The van der Waals surface area contributed by atoms with Gasteiger partial charge in [0, 0.05) is 24.7 Å². The predicted molar refractivity (Wildman–Crippen MR) is 111 cm³/mol. The highest BCUT2D eigenvalue weighted by Gasteiger charge is 2.09. The minimum absolute atomic E-state index is 0.0175. The van der Waals surface area contributed by atoms with Crippen LogP contribution in [0.3, 0.4) is 0 Å². The van der Waals surface area contributed by atoms with Crippen LogP contribution in [-0.4, -0.2) is 25.0 Å². The third-order valence-corrected chi connectivity index (χ3v) is 4.58. The Morgan fingerprint density at radius 3 is 2.62 bits per heavy atom. The van der Waals surface area contributed by atoms with E-state index in [1.54, 1.807) is 0 Å². The zero-order valence-corrected chi connectivity index (χ0v) is 17.2. The maximum Gasteiger partial charge on any atom is 0.257 e. The standard InChI is InChI=1S/C22H24ClFN2O3/c1-14-4-5-15(2)17(10-14)12-26-22(28)16(3)8-9-25-21(27)13-29-18-6-7-19(23)20(24)11-18/h4-7,10-11H,3,8-9,12-13H2,1-2H3,(H,25,27)(H,26,28). The van der Waals surface area contributed by atoms with Crippen molar-refractivity contribution in [1.29, 1.82) is 0 Å². The zero-order chi connectivity index (χ0) is 21.4. The summed E-state index contributed by atoms with van der Waals surface area (Å²) in [5.41, 5.74) is 3.66. The molecule has 0 aliphatic heterocycles. The maximum absolute atomic E-state index is 13.3. The third kappa shape index (κ3) is 7.23. The van der Waals surface area contributed by atoms with E-state index in [0.29, 0.717) is 18.5 Å². The lowest BCUT2D eigenvalue weighted by atomic mass is 10.1. The van der Waals surface area contributed by atoms with E-state index in [2.05, 4.69) is 17.2 Å². The summed E-state index contributed by atoms with van der Waals surface area (Å²) >= 11 is 5.59. The second kappa shape index (κ2) is 10.6. The van der Waals surface area contributed by atoms with E-state index in [0.717, 1.165) is 22.8 Å². The Hall–Kier alpha value is -2.86. The first-order chi connectivity index (χ1) is 13.8. The van der Waals surface area contributed by atoms with Gasteiger partial charge in [-0.3, -0.25) is 9.59 Å². The Morgan fingerprint density at radius 2 is 1.90 bits per heavy atom. The zero-order valence-electron chi connectivity index (χ0n) is 16.5. The molecular formula is C22H24ClFN2O3. The Balaban J connectivity index is 1.68. The number of carbonyl (C=O) groups is 2. The Kier molecular flexibility index (Phi) is 8.21. The molecule has 2 N–H and O–H groups in total. The van der Waals surface area contributed by atoms with Crippen LogP contribution >= 0.6 is 11.6 Å². The van der Waals surface area contributed by atoms with E-state index < -0.39 is 5.82 Å². The van der Waals surface area contributed by atoms with Crippen molar-refractivity contribution in [2.75, 3.05) is 13.2 Å². The largest absolute Gasteiger partial charge is 0.484 e. The van der Waals surface area contributed by atoms with Crippen molar-refractivity contribution in [3.63, 3.8) is 0 Å². The van der Waals surface area contributed by atoms with Crippen molar-refractivity contribution in [2.24, 2.45) is 0 Å². The van der Waals surface area contributed by atoms with Crippen molar-refractivity contribution in [3.05, 3.63) is 76.1 Å². The van der Waals surface area contributed by atoms with Crippen molar-refractivity contribution >= 4 is 23.4 Å². The summed E-state index contributed by atoms with van der Waals surface area (Å²) in [6.07, 6.45) is 0.306. The fraction of sp³-hybridized carbons (Fsp3) is 0.273. The number of ether oxygens (including phenoxy) is 1. The van der Waals surface area contributed by atoms with Gasteiger partial charge >= 0.3 is 0 Å². The number of hydrogen-bond acceptors (Lipinski definition) is 3. The molecule has 0 spiro atoms. The Labute approximate surface area is 174 Å². The lowest BCUT2D eigenvalue weighted by molar-refractivity contribution is -0.123. The van der Waals surface area contributed by atoms with Crippen LogP contribution in [0, 0.1) is 19.7 Å². The lowest BCUT2D eigenvalue weighted by Gasteiger charge is -2.11. The average Bonchev–Trinajstić information content (AvgIpc) is 2.69. The van der Waals surface area contributed by atoms with Gasteiger partial charge in [-0.25, -0.2) is 4.39 Å². The van der Waals surface area contributed by atoms with Crippen LogP contribution in [0.4, 0.5) is 4.39 Å². The monoisotopic (exact) mass is 418 g/mol. The first kappa shape index (κ1) is 22.4. The number of halogens is 2. The summed E-state index contributed by atoms with van der Waals surface area (Å²) in [6, 6.07) is 10.0. The fourth-order valence-corrected chi connectivity index (χ4v) is 2.64. The molecule has 0 bridgehead atoms. The van der Waals surface area contributed by atoms with Gasteiger partial charge in [-0.1, -0.05) is 41.9 Å². The van der Waals surface area contributed by atoms with Gasteiger partial charge in [-0.05, 0) is 43.5 Å². The van der Waals surface area contributed by atoms with Crippen LogP contribution in [0.1, 0.15) is 23.1 Å². The van der Waals surface area contributed by atoms with Crippen molar-refractivity contribution in [1.82, 2.24) is 10.6 Å². The maximum atomic E-state index is 13.3. The van der Waals surface area contributed by atoms with Gasteiger partial charge in [0.1, 0.15) is 11.6 Å². The quantitative estimate of drug-likeness (QED) is 0.608. The van der Waals surface area contributed by atoms with E-state index in [4.69, 9.17) is 16.3 Å². The molecule has 0 unspecified atom stereocenters. The molecule has 29 heavy (non-hydrogen) atoms. The number of benzene rings is 2. The Morgan fingerprint density at radius 1 is 1.14 bits per heavy atom. The number of carbonyl (C=O) groups excluding carboxylic acids is 2. The summed E-state index contributed by atoms with van der Waals surface area (Å²) in [5, 5.41) is 5.45. The molecule has 0 aliphatic rings. The van der Waals surface area contributed by atoms with Gasteiger partial charge in [-0.15, -0.1) is 0 Å². The molecular weight excluding hydrogens is 395 g/mol. The molecule has 2 aromatic carbocycles. The van der Waals surface area contributed by atoms with E-state index in [1.165, 1.54) is 12.1 Å². The molecule has 2 amide bonds. The van der Waals surface area contributed by atoms with Gasteiger partial charge in [0.05, 0.1) is 5.02 Å². The molecule has 5 nitrogen and oxygen atoms in total. The summed E-state index contributed by atoms with van der Waals surface area (Å²) in [5.74, 6) is -1.05. The fourth-order valence-electron chi connectivity index (χ4n) is 2.52. The molecule has 0 fully saturated rings.